The molecule has 3 heteroatoms. The summed E-state index contributed by atoms with van der Waals surface area (Å²) >= 11 is 9.40. The molecule has 0 aromatic carbocycles. The maximum absolute atomic E-state index is 3.89. The van der Waals surface area contributed by atoms with Crippen molar-refractivity contribution in [2.45, 2.75) is 51.3 Å². The van der Waals surface area contributed by atoms with Crippen LogP contribution in [0.3, 0.4) is 0 Å². The average molecular weight is 368 g/mol. The molecule has 0 radical (unpaired) electrons. The van der Waals surface area contributed by atoms with E-state index in [2.05, 4.69) is 58.7 Å². The fraction of sp³-hybridized carbons (Fsp3) is 0.692. The van der Waals surface area contributed by atoms with Gasteiger partial charge in [-0.3, -0.25) is 0 Å². The summed E-state index contributed by atoms with van der Waals surface area (Å²) in [5.74, 6) is 0.778. The molecule has 0 nitrogen and oxygen atoms in total. The van der Waals surface area contributed by atoms with Crippen LogP contribution in [0.1, 0.15) is 54.1 Å². The van der Waals surface area contributed by atoms with Gasteiger partial charge in [-0.2, -0.15) is 0 Å². The van der Waals surface area contributed by atoms with Gasteiger partial charge >= 0.3 is 0 Å². The highest BCUT2D eigenvalue weighted by Gasteiger charge is 2.21. The predicted molar refractivity (Wildman–Crippen MR) is 81.7 cm³/mol. The molecule has 0 saturated heterocycles. The number of hydrogen-bond donors (Lipinski definition) is 0. The highest BCUT2D eigenvalue weighted by Crippen LogP contribution is 2.42. The van der Waals surface area contributed by atoms with E-state index in [0.717, 1.165) is 5.92 Å². The van der Waals surface area contributed by atoms with Crippen molar-refractivity contribution >= 4 is 43.2 Å². The number of aryl methyl sites for hydroxylation is 1. The van der Waals surface area contributed by atoms with E-state index < -0.39 is 0 Å². The molecular formula is C13H20Br2S. The van der Waals surface area contributed by atoms with E-state index in [-0.39, 0.29) is 0 Å². The minimum absolute atomic E-state index is 0.530. The van der Waals surface area contributed by atoms with Gasteiger partial charge in [0.25, 0.3) is 0 Å². The summed E-state index contributed by atoms with van der Waals surface area (Å²) in [6, 6.07) is 2.28. The molecule has 1 aromatic rings. The standard InChI is InChI=1S/C13H20Br2S/c1-4-6-10(7-5-2)13(15)12-8-11(14)9(3)16-12/h8,10,13H,4-7H2,1-3H3. The van der Waals surface area contributed by atoms with Crippen molar-refractivity contribution in [1.29, 1.82) is 0 Å². The van der Waals surface area contributed by atoms with E-state index in [1.54, 1.807) is 0 Å². The molecule has 0 aliphatic rings. The monoisotopic (exact) mass is 366 g/mol. The maximum atomic E-state index is 3.89. The topological polar surface area (TPSA) is 0 Å². The van der Waals surface area contributed by atoms with Gasteiger partial charge in [0.2, 0.25) is 0 Å². The minimum Gasteiger partial charge on any atom is -0.143 e. The van der Waals surface area contributed by atoms with Crippen LogP contribution < -0.4 is 0 Å². The van der Waals surface area contributed by atoms with Crippen LogP contribution in [0.4, 0.5) is 0 Å². The largest absolute Gasteiger partial charge is 0.143 e. The van der Waals surface area contributed by atoms with Crippen molar-refractivity contribution in [1.82, 2.24) is 0 Å². The third-order valence-corrected chi connectivity index (χ3v) is 6.64. The first-order valence-corrected chi connectivity index (χ1v) is 8.52. The molecule has 1 aromatic heterocycles. The smallest absolute Gasteiger partial charge is 0.0517 e. The van der Waals surface area contributed by atoms with Crippen LogP contribution in [-0.2, 0) is 0 Å². The van der Waals surface area contributed by atoms with Crippen molar-refractivity contribution in [3.63, 3.8) is 0 Å². The molecule has 0 fully saturated rings. The Labute approximate surface area is 120 Å². The second kappa shape index (κ2) is 7.17. The van der Waals surface area contributed by atoms with Gasteiger partial charge < -0.3 is 0 Å². The minimum atomic E-state index is 0.530. The van der Waals surface area contributed by atoms with Gasteiger partial charge in [0.15, 0.2) is 0 Å². The number of alkyl halides is 1. The van der Waals surface area contributed by atoms with Crippen molar-refractivity contribution in [2.75, 3.05) is 0 Å². The molecule has 16 heavy (non-hydrogen) atoms. The molecular weight excluding hydrogens is 348 g/mol. The zero-order valence-corrected chi connectivity index (χ0v) is 14.2. The van der Waals surface area contributed by atoms with Gasteiger partial charge in [0.05, 0.1) is 4.83 Å². The van der Waals surface area contributed by atoms with Crippen molar-refractivity contribution in [2.24, 2.45) is 5.92 Å². The number of rotatable bonds is 6. The highest BCUT2D eigenvalue weighted by atomic mass is 79.9. The first-order chi connectivity index (χ1) is 7.60. The van der Waals surface area contributed by atoms with E-state index in [4.69, 9.17) is 0 Å². The molecule has 0 aliphatic carbocycles. The quantitative estimate of drug-likeness (QED) is 0.505. The summed E-state index contributed by atoms with van der Waals surface area (Å²) in [5.41, 5.74) is 0. The Hall–Kier alpha value is 0.660. The predicted octanol–water partition coefficient (Wildman–Crippen LogP) is 6.47. The van der Waals surface area contributed by atoms with Crippen molar-refractivity contribution in [3.05, 3.63) is 20.3 Å². The number of halogens is 2. The van der Waals surface area contributed by atoms with Crippen LogP contribution in [0.2, 0.25) is 0 Å². The van der Waals surface area contributed by atoms with Crippen LogP contribution in [0.25, 0.3) is 0 Å². The second-order valence-corrected chi connectivity index (χ2v) is 7.42. The third-order valence-electron chi connectivity index (χ3n) is 2.88. The summed E-state index contributed by atoms with van der Waals surface area (Å²) < 4.78 is 1.25. The summed E-state index contributed by atoms with van der Waals surface area (Å²) in [6.07, 6.45) is 5.19. The molecule has 0 bridgehead atoms. The average Bonchev–Trinajstić information content (AvgIpc) is 2.58. The van der Waals surface area contributed by atoms with Crippen LogP contribution in [0, 0.1) is 12.8 Å². The van der Waals surface area contributed by atoms with Crippen LogP contribution in [0.5, 0.6) is 0 Å². The fourth-order valence-corrected chi connectivity index (χ4v) is 4.60. The van der Waals surface area contributed by atoms with E-state index >= 15 is 0 Å². The van der Waals surface area contributed by atoms with Crippen LogP contribution >= 0.6 is 43.2 Å². The molecule has 1 heterocycles. The number of hydrogen-bond acceptors (Lipinski definition) is 1. The Morgan fingerprint density at radius 3 is 2.19 bits per heavy atom. The van der Waals surface area contributed by atoms with Crippen LogP contribution in [0.15, 0.2) is 10.5 Å². The summed E-state index contributed by atoms with van der Waals surface area (Å²) in [4.78, 5) is 3.38. The third kappa shape index (κ3) is 3.85. The zero-order valence-electron chi connectivity index (χ0n) is 10.2. The summed E-state index contributed by atoms with van der Waals surface area (Å²) in [6.45, 7) is 6.72. The van der Waals surface area contributed by atoms with Gasteiger partial charge in [-0.05, 0) is 47.7 Å². The van der Waals surface area contributed by atoms with Gasteiger partial charge in [-0.25, -0.2) is 0 Å². The fourth-order valence-electron chi connectivity index (χ4n) is 2.03. The molecule has 1 rings (SSSR count). The van der Waals surface area contributed by atoms with Gasteiger partial charge in [0, 0.05) is 14.2 Å². The first kappa shape index (κ1) is 14.7. The lowest BCUT2D eigenvalue weighted by Gasteiger charge is -2.20. The molecule has 0 aliphatic heterocycles. The summed E-state index contributed by atoms with van der Waals surface area (Å²) in [5, 5.41) is 0. The van der Waals surface area contributed by atoms with E-state index in [9.17, 15) is 0 Å². The Balaban J connectivity index is 2.76. The molecule has 0 spiro atoms. The normalized spacial score (nSPS) is 13.4. The molecule has 0 N–H and O–H groups in total. The maximum Gasteiger partial charge on any atom is 0.0517 e. The van der Waals surface area contributed by atoms with Gasteiger partial charge in [-0.15, -0.1) is 11.3 Å². The molecule has 92 valence electrons. The lowest BCUT2D eigenvalue weighted by Crippen LogP contribution is -2.06. The van der Waals surface area contributed by atoms with Gasteiger partial charge in [-0.1, -0.05) is 42.6 Å². The lowest BCUT2D eigenvalue weighted by molar-refractivity contribution is 0.438. The second-order valence-electron chi connectivity index (χ2n) is 4.29. The van der Waals surface area contributed by atoms with E-state index in [0.29, 0.717) is 4.83 Å². The highest BCUT2D eigenvalue weighted by molar-refractivity contribution is 9.10. The molecule has 1 atom stereocenters. The van der Waals surface area contributed by atoms with Gasteiger partial charge in [0.1, 0.15) is 0 Å². The first-order valence-electron chi connectivity index (χ1n) is 6.00. The van der Waals surface area contributed by atoms with E-state index in [1.165, 1.54) is 39.9 Å². The Kier molecular flexibility index (Phi) is 6.60. The van der Waals surface area contributed by atoms with Crippen LogP contribution in [-0.4, -0.2) is 0 Å². The molecule has 1 unspecified atom stereocenters. The van der Waals surface area contributed by atoms with Crippen molar-refractivity contribution in [3.8, 4) is 0 Å². The molecule has 0 amide bonds. The summed E-state index contributed by atoms with van der Waals surface area (Å²) in [7, 11) is 0. The number of thiophene rings is 1. The molecule has 0 saturated carbocycles. The Morgan fingerprint density at radius 2 is 1.81 bits per heavy atom. The Bertz CT molecular complexity index is 294. The van der Waals surface area contributed by atoms with E-state index in [1.807, 2.05) is 11.3 Å². The Morgan fingerprint density at radius 1 is 1.25 bits per heavy atom. The lowest BCUT2D eigenvalue weighted by atomic mass is 9.94. The SMILES string of the molecule is CCCC(CCC)C(Br)c1cc(Br)c(C)s1. The zero-order chi connectivity index (χ0) is 12.1. The van der Waals surface area contributed by atoms with Crippen molar-refractivity contribution < 1.29 is 0 Å².